The Balaban J connectivity index is 2.33. The molecular formula is C8H13N3O. The number of aliphatic hydroxyl groups is 1. The number of nitrogens with zero attached hydrogens (tertiary/aromatic N) is 1. The Labute approximate surface area is 71.4 Å². The standard InChI is InChI=1S/C8H13N3O/c9-7(6-12)4-11-8-2-1-3-10-5-8/h1-3,5,7,11-12H,4,6,9H2. The number of hydrogen-bond acceptors (Lipinski definition) is 4. The maximum absolute atomic E-state index is 8.63. The minimum absolute atomic E-state index is 0.00668. The molecule has 1 atom stereocenters. The monoisotopic (exact) mass is 167 g/mol. The van der Waals surface area contributed by atoms with E-state index in [1.165, 1.54) is 0 Å². The lowest BCUT2D eigenvalue weighted by Gasteiger charge is -2.09. The van der Waals surface area contributed by atoms with E-state index in [0.717, 1.165) is 5.69 Å². The molecule has 0 aliphatic carbocycles. The van der Waals surface area contributed by atoms with Crippen LogP contribution >= 0.6 is 0 Å². The van der Waals surface area contributed by atoms with Crippen LogP contribution in [0.3, 0.4) is 0 Å². The highest BCUT2D eigenvalue weighted by atomic mass is 16.3. The lowest BCUT2D eigenvalue weighted by atomic mass is 10.3. The van der Waals surface area contributed by atoms with E-state index < -0.39 is 0 Å². The average Bonchev–Trinajstić information content (AvgIpc) is 2.16. The third kappa shape index (κ3) is 2.86. The first-order chi connectivity index (χ1) is 5.83. The van der Waals surface area contributed by atoms with E-state index in [-0.39, 0.29) is 12.6 Å². The summed E-state index contributed by atoms with van der Waals surface area (Å²) in [5, 5.41) is 11.7. The van der Waals surface area contributed by atoms with Gasteiger partial charge in [0.25, 0.3) is 0 Å². The predicted octanol–water partition coefficient (Wildman–Crippen LogP) is -0.187. The van der Waals surface area contributed by atoms with Crippen molar-refractivity contribution < 1.29 is 5.11 Å². The highest BCUT2D eigenvalue weighted by Gasteiger charge is 1.98. The molecule has 1 heterocycles. The third-order valence-electron chi connectivity index (χ3n) is 1.46. The van der Waals surface area contributed by atoms with Gasteiger partial charge in [-0.25, -0.2) is 0 Å². The number of nitrogens with one attached hydrogen (secondary N) is 1. The number of hydrogen-bond donors (Lipinski definition) is 3. The molecule has 0 amide bonds. The van der Waals surface area contributed by atoms with Gasteiger partial charge < -0.3 is 16.2 Å². The fraction of sp³-hybridized carbons (Fsp3) is 0.375. The van der Waals surface area contributed by atoms with Gasteiger partial charge in [0.1, 0.15) is 0 Å². The maximum atomic E-state index is 8.63. The van der Waals surface area contributed by atoms with Crippen molar-refractivity contribution in [3.05, 3.63) is 24.5 Å². The zero-order valence-corrected chi connectivity index (χ0v) is 6.77. The van der Waals surface area contributed by atoms with E-state index >= 15 is 0 Å². The topological polar surface area (TPSA) is 71.2 Å². The summed E-state index contributed by atoms with van der Waals surface area (Å²) in [5.74, 6) is 0. The Hall–Kier alpha value is -1.13. The number of nitrogens with two attached hydrogens (primary N) is 1. The first-order valence-corrected chi connectivity index (χ1v) is 3.83. The molecule has 66 valence electrons. The summed E-state index contributed by atoms with van der Waals surface area (Å²) in [6.07, 6.45) is 3.42. The molecule has 0 saturated heterocycles. The van der Waals surface area contributed by atoms with Crippen molar-refractivity contribution in [2.24, 2.45) is 5.73 Å². The predicted molar refractivity (Wildman–Crippen MR) is 47.8 cm³/mol. The molecule has 4 N–H and O–H groups in total. The van der Waals surface area contributed by atoms with Gasteiger partial charge in [0, 0.05) is 25.0 Å². The largest absolute Gasteiger partial charge is 0.395 e. The fourth-order valence-electron chi connectivity index (χ4n) is 0.781. The zero-order chi connectivity index (χ0) is 8.81. The fourth-order valence-corrected chi connectivity index (χ4v) is 0.781. The second kappa shape index (κ2) is 4.69. The van der Waals surface area contributed by atoms with Crippen LogP contribution < -0.4 is 11.1 Å². The third-order valence-corrected chi connectivity index (χ3v) is 1.46. The molecule has 0 aliphatic rings. The van der Waals surface area contributed by atoms with Gasteiger partial charge in [-0.05, 0) is 12.1 Å². The molecule has 4 nitrogen and oxygen atoms in total. The van der Waals surface area contributed by atoms with Gasteiger partial charge >= 0.3 is 0 Å². The summed E-state index contributed by atoms with van der Waals surface area (Å²) in [7, 11) is 0. The summed E-state index contributed by atoms with van der Waals surface area (Å²) in [6.45, 7) is 0.551. The molecule has 1 unspecified atom stereocenters. The van der Waals surface area contributed by atoms with E-state index in [1.807, 2.05) is 12.1 Å². The summed E-state index contributed by atoms with van der Waals surface area (Å²) in [4.78, 5) is 3.92. The van der Waals surface area contributed by atoms with Crippen LogP contribution in [-0.2, 0) is 0 Å². The van der Waals surface area contributed by atoms with Crippen molar-refractivity contribution in [1.29, 1.82) is 0 Å². The van der Waals surface area contributed by atoms with Gasteiger partial charge in [0.15, 0.2) is 0 Å². The minimum Gasteiger partial charge on any atom is -0.395 e. The van der Waals surface area contributed by atoms with Gasteiger partial charge in [0.2, 0.25) is 0 Å². The van der Waals surface area contributed by atoms with Crippen LogP contribution in [0.2, 0.25) is 0 Å². The normalized spacial score (nSPS) is 12.5. The molecule has 0 spiro atoms. The summed E-state index contributed by atoms with van der Waals surface area (Å²) < 4.78 is 0. The molecule has 0 saturated carbocycles. The van der Waals surface area contributed by atoms with Crippen LogP contribution in [0.5, 0.6) is 0 Å². The first-order valence-electron chi connectivity index (χ1n) is 3.83. The Morgan fingerprint density at radius 2 is 2.50 bits per heavy atom. The highest BCUT2D eigenvalue weighted by molar-refractivity contribution is 5.39. The van der Waals surface area contributed by atoms with Crippen molar-refractivity contribution >= 4 is 5.69 Å². The van der Waals surface area contributed by atoms with E-state index in [0.29, 0.717) is 6.54 Å². The lowest BCUT2D eigenvalue weighted by Crippen LogP contribution is -2.32. The van der Waals surface area contributed by atoms with Crippen LogP contribution in [0.15, 0.2) is 24.5 Å². The summed E-state index contributed by atoms with van der Waals surface area (Å²) in [5.41, 5.74) is 6.41. The second-order valence-corrected chi connectivity index (χ2v) is 2.57. The summed E-state index contributed by atoms with van der Waals surface area (Å²) in [6, 6.07) is 3.52. The number of anilines is 1. The smallest absolute Gasteiger partial charge is 0.0599 e. The Morgan fingerprint density at radius 1 is 1.67 bits per heavy atom. The van der Waals surface area contributed by atoms with Gasteiger partial charge in [-0.2, -0.15) is 0 Å². The number of rotatable bonds is 4. The van der Waals surface area contributed by atoms with Gasteiger partial charge in [-0.3, -0.25) is 4.98 Å². The SMILES string of the molecule is NC(CO)CNc1cccnc1. The van der Waals surface area contributed by atoms with Crippen molar-refractivity contribution in [2.75, 3.05) is 18.5 Å². The molecule has 0 radical (unpaired) electrons. The van der Waals surface area contributed by atoms with Crippen molar-refractivity contribution in [3.63, 3.8) is 0 Å². The lowest BCUT2D eigenvalue weighted by molar-refractivity contribution is 0.270. The minimum atomic E-state index is -0.217. The second-order valence-electron chi connectivity index (χ2n) is 2.57. The van der Waals surface area contributed by atoms with E-state index in [4.69, 9.17) is 10.8 Å². The molecule has 0 aliphatic heterocycles. The molecule has 1 aromatic heterocycles. The quantitative estimate of drug-likeness (QED) is 0.581. The number of aliphatic hydroxyl groups excluding tert-OH is 1. The molecule has 0 aromatic carbocycles. The Bertz CT molecular complexity index is 215. The molecule has 12 heavy (non-hydrogen) atoms. The molecule has 4 heteroatoms. The Morgan fingerprint density at radius 3 is 3.08 bits per heavy atom. The van der Waals surface area contributed by atoms with Gasteiger partial charge in [0.05, 0.1) is 12.3 Å². The van der Waals surface area contributed by atoms with E-state index in [2.05, 4.69) is 10.3 Å². The first kappa shape index (κ1) is 8.96. The molecule has 1 rings (SSSR count). The summed E-state index contributed by atoms with van der Waals surface area (Å²) >= 11 is 0. The number of pyridine rings is 1. The highest BCUT2D eigenvalue weighted by Crippen LogP contribution is 2.01. The molecule has 1 aromatic rings. The van der Waals surface area contributed by atoms with E-state index in [9.17, 15) is 0 Å². The van der Waals surface area contributed by atoms with Gasteiger partial charge in [-0.15, -0.1) is 0 Å². The van der Waals surface area contributed by atoms with Crippen LogP contribution in [0.1, 0.15) is 0 Å². The zero-order valence-electron chi connectivity index (χ0n) is 6.77. The van der Waals surface area contributed by atoms with Crippen molar-refractivity contribution in [3.8, 4) is 0 Å². The Kier molecular flexibility index (Phi) is 3.50. The van der Waals surface area contributed by atoms with Crippen molar-refractivity contribution in [1.82, 2.24) is 4.98 Å². The van der Waals surface area contributed by atoms with E-state index in [1.54, 1.807) is 12.4 Å². The van der Waals surface area contributed by atoms with Crippen LogP contribution in [0, 0.1) is 0 Å². The van der Waals surface area contributed by atoms with Crippen molar-refractivity contribution in [2.45, 2.75) is 6.04 Å². The average molecular weight is 167 g/mol. The molecular weight excluding hydrogens is 154 g/mol. The maximum Gasteiger partial charge on any atom is 0.0599 e. The molecule has 0 fully saturated rings. The number of aromatic nitrogens is 1. The van der Waals surface area contributed by atoms with Gasteiger partial charge in [-0.1, -0.05) is 0 Å². The van der Waals surface area contributed by atoms with Crippen LogP contribution in [0.25, 0.3) is 0 Å². The van der Waals surface area contributed by atoms with Crippen LogP contribution in [0.4, 0.5) is 5.69 Å². The molecule has 0 bridgehead atoms. The van der Waals surface area contributed by atoms with Crippen LogP contribution in [-0.4, -0.2) is 29.3 Å².